The number of rotatable bonds is 3. The van der Waals surface area contributed by atoms with Crippen LogP contribution in [0.3, 0.4) is 0 Å². The molecule has 120 valence electrons. The van der Waals surface area contributed by atoms with Gasteiger partial charge in [-0.3, -0.25) is 0 Å². The van der Waals surface area contributed by atoms with Gasteiger partial charge in [-0.05, 0) is 36.8 Å². The number of aryl methyl sites for hydroxylation is 1. The lowest BCUT2D eigenvalue weighted by atomic mass is 10.1. The van der Waals surface area contributed by atoms with E-state index in [4.69, 9.17) is 13.9 Å². The van der Waals surface area contributed by atoms with E-state index in [-0.39, 0.29) is 0 Å². The van der Waals surface area contributed by atoms with E-state index in [0.29, 0.717) is 30.7 Å². The van der Waals surface area contributed by atoms with Crippen LogP contribution in [0.1, 0.15) is 17.0 Å². The van der Waals surface area contributed by atoms with Gasteiger partial charge in [0.05, 0.1) is 0 Å². The highest BCUT2D eigenvalue weighted by atomic mass is 16.6. The largest absolute Gasteiger partial charge is 0.486 e. The van der Waals surface area contributed by atoms with Crippen LogP contribution in [0, 0.1) is 6.92 Å². The summed E-state index contributed by atoms with van der Waals surface area (Å²) in [5.41, 5.74) is 3.11. The summed E-state index contributed by atoms with van der Waals surface area (Å²) < 4.78 is 16.8. The zero-order chi connectivity index (χ0) is 16.4. The van der Waals surface area contributed by atoms with Gasteiger partial charge in [0, 0.05) is 11.6 Å². The van der Waals surface area contributed by atoms with Gasteiger partial charge in [0.15, 0.2) is 11.5 Å². The van der Waals surface area contributed by atoms with E-state index in [1.54, 1.807) is 0 Å². The van der Waals surface area contributed by atoms with E-state index in [9.17, 15) is 0 Å². The molecule has 0 spiro atoms. The number of hydrogen-bond donors (Lipinski definition) is 0. The molecule has 0 aliphatic carbocycles. The average Bonchev–Trinajstić information content (AvgIpc) is 3.09. The second-order valence-electron chi connectivity index (χ2n) is 5.55. The van der Waals surface area contributed by atoms with Crippen LogP contribution in [0.15, 0.2) is 46.9 Å². The smallest absolute Gasteiger partial charge is 0.248 e. The molecule has 5 heteroatoms. The quantitative estimate of drug-likeness (QED) is 0.730. The molecule has 0 fully saturated rings. The molecule has 2 aromatic carbocycles. The van der Waals surface area contributed by atoms with Crippen molar-refractivity contribution in [1.82, 2.24) is 10.2 Å². The molecular formula is C19H16N2O3. The van der Waals surface area contributed by atoms with E-state index >= 15 is 0 Å². The predicted molar refractivity (Wildman–Crippen MR) is 90.8 cm³/mol. The normalized spacial score (nSPS) is 13.4. The lowest BCUT2D eigenvalue weighted by Crippen LogP contribution is -2.15. The average molecular weight is 320 g/mol. The van der Waals surface area contributed by atoms with E-state index in [0.717, 1.165) is 16.9 Å². The Morgan fingerprint density at radius 1 is 0.917 bits per heavy atom. The topological polar surface area (TPSA) is 57.4 Å². The number of benzene rings is 2. The molecule has 24 heavy (non-hydrogen) atoms. The summed E-state index contributed by atoms with van der Waals surface area (Å²) in [5, 5.41) is 8.17. The summed E-state index contributed by atoms with van der Waals surface area (Å²) in [5.74, 6) is 2.36. The molecule has 1 aliphatic rings. The molecule has 3 aromatic rings. The minimum atomic E-state index is 0.455. The summed E-state index contributed by atoms with van der Waals surface area (Å²) in [4.78, 5) is 0. The monoisotopic (exact) mass is 320 g/mol. The molecule has 0 radical (unpaired) electrons. The Kier molecular flexibility index (Phi) is 3.75. The molecule has 4 rings (SSSR count). The van der Waals surface area contributed by atoms with Crippen molar-refractivity contribution < 1.29 is 13.9 Å². The summed E-state index contributed by atoms with van der Waals surface area (Å²) in [6.45, 7) is 3.18. The lowest BCUT2D eigenvalue weighted by molar-refractivity contribution is 0.171. The molecule has 1 aromatic heterocycles. The van der Waals surface area contributed by atoms with E-state index < -0.39 is 0 Å². The van der Waals surface area contributed by atoms with Crippen molar-refractivity contribution in [1.29, 1.82) is 0 Å². The van der Waals surface area contributed by atoms with Crippen LogP contribution in [0.25, 0.3) is 23.6 Å². The van der Waals surface area contributed by atoms with Gasteiger partial charge in [0.1, 0.15) is 13.2 Å². The molecule has 0 saturated heterocycles. The van der Waals surface area contributed by atoms with Gasteiger partial charge in [-0.2, -0.15) is 0 Å². The highest BCUT2D eigenvalue weighted by molar-refractivity contribution is 5.67. The zero-order valence-electron chi connectivity index (χ0n) is 13.2. The molecule has 2 heterocycles. The van der Waals surface area contributed by atoms with Crippen molar-refractivity contribution in [3.8, 4) is 23.0 Å². The number of ether oxygens (including phenoxy) is 2. The summed E-state index contributed by atoms with van der Waals surface area (Å²) in [6, 6.07) is 13.8. The maximum Gasteiger partial charge on any atom is 0.248 e. The Balaban J connectivity index is 1.56. The van der Waals surface area contributed by atoms with Crippen molar-refractivity contribution in [3.63, 3.8) is 0 Å². The Morgan fingerprint density at radius 3 is 2.67 bits per heavy atom. The van der Waals surface area contributed by atoms with Gasteiger partial charge < -0.3 is 13.9 Å². The van der Waals surface area contributed by atoms with Gasteiger partial charge in [-0.15, -0.1) is 10.2 Å². The lowest BCUT2D eigenvalue weighted by Gasteiger charge is -2.18. The highest BCUT2D eigenvalue weighted by Gasteiger charge is 2.15. The first-order chi connectivity index (χ1) is 11.8. The first-order valence-corrected chi connectivity index (χ1v) is 7.76. The van der Waals surface area contributed by atoms with Gasteiger partial charge in [0.25, 0.3) is 0 Å². The second-order valence-corrected chi connectivity index (χ2v) is 5.55. The van der Waals surface area contributed by atoms with Gasteiger partial charge in [0.2, 0.25) is 11.8 Å². The van der Waals surface area contributed by atoms with Crippen LogP contribution in [0.5, 0.6) is 11.5 Å². The van der Waals surface area contributed by atoms with Crippen LogP contribution in [0.2, 0.25) is 0 Å². The number of nitrogens with zero attached hydrogens (tertiary/aromatic N) is 2. The van der Waals surface area contributed by atoms with Crippen molar-refractivity contribution in [2.45, 2.75) is 6.92 Å². The fraction of sp³-hybridized carbons (Fsp3) is 0.158. The number of hydrogen-bond acceptors (Lipinski definition) is 5. The van der Waals surface area contributed by atoms with Gasteiger partial charge in [-0.1, -0.05) is 29.8 Å². The van der Waals surface area contributed by atoms with E-state index in [2.05, 4.69) is 29.3 Å². The van der Waals surface area contributed by atoms with Crippen LogP contribution in [-0.2, 0) is 0 Å². The Bertz CT molecular complexity index is 899. The molecule has 0 N–H and O–H groups in total. The minimum absolute atomic E-state index is 0.455. The molecule has 0 bridgehead atoms. The van der Waals surface area contributed by atoms with Gasteiger partial charge >= 0.3 is 0 Å². The highest BCUT2D eigenvalue weighted by Crippen LogP contribution is 2.34. The first kappa shape index (κ1) is 14.5. The Hall–Kier alpha value is -3.08. The van der Waals surface area contributed by atoms with Crippen LogP contribution < -0.4 is 9.47 Å². The van der Waals surface area contributed by atoms with E-state index in [1.807, 2.05) is 42.5 Å². The third kappa shape index (κ3) is 3.01. The molecule has 0 amide bonds. The third-order valence-electron chi connectivity index (χ3n) is 3.69. The SMILES string of the molecule is Cc1cccc(/C=C/c2nnc(-c3ccc4c(c3)OCCO4)o2)c1. The van der Waals surface area contributed by atoms with Crippen molar-refractivity contribution >= 4 is 12.2 Å². The standard InChI is InChI=1S/C19H16N2O3/c1-13-3-2-4-14(11-13)5-8-18-20-21-19(24-18)15-6-7-16-17(12-15)23-10-9-22-16/h2-8,11-12H,9-10H2,1H3/b8-5+. The summed E-state index contributed by atoms with van der Waals surface area (Å²) in [7, 11) is 0. The van der Waals surface area contributed by atoms with Crippen LogP contribution in [-0.4, -0.2) is 23.4 Å². The second kappa shape index (κ2) is 6.20. The van der Waals surface area contributed by atoms with Crippen molar-refractivity contribution in [2.75, 3.05) is 13.2 Å². The van der Waals surface area contributed by atoms with Crippen molar-refractivity contribution in [3.05, 3.63) is 59.5 Å². The zero-order valence-corrected chi connectivity index (χ0v) is 13.2. The Labute approximate surface area is 139 Å². The fourth-order valence-electron chi connectivity index (χ4n) is 2.54. The predicted octanol–water partition coefficient (Wildman–Crippen LogP) is 3.99. The Morgan fingerprint density at radius 2 is 1.79 bits per heavy atom. The number of fused-ring (bicyclic) bond motifs is 1. The molecule has 1 aliphatic heterocycles. The van der Waals surface area contributed by atoms with Crippen LogP contribution >= 0.6 is 0 Å². The molecule has 5 nitrogen and oxygen atoms in total. The third-order valence-corrected chi connectivity index (χ3v) is 3.69. The summed E-state index contributed by atoms with van der Waals surface area (Å²) >= 11 is 0. The molecule has 0 saturated carbocycles. The molecule has 0 atom stereocenters. The summed E-state index contributed by atoms with van der Waals surface area (Å²) in [6.07, 6.45) is 3.76. The van der Waals surface area contributed by atoms with Gasteiger partial charge in [-0.25, -0.2) is 0 Å². The van der Waals surface area contributed by atoms with E-state index in [1.165, 1.54) is 5.56 Å². The molecular weight excluding hydrogens is 304 g/mol. The first-order valence-electron chi connectivity index (χ1n) is 7.76. The maximum atomic E-state index is 5.71. The number of aromatic nitrogens is 2. The minimum Gasteiger partial charge on any atom is -0.486 e. The van der Waals surface area contributed by atoms with Crippen LogP contribution in [0.4, 0.5) is 0 Å². The maximum absolute atomic E-state index is 5.71. The van der Waals surface area contributed by atoms with Crippen molar-refractivity contribution in [2.24, 2.45) is 0 Å². The fourth-order valence-corrected chi connectivity index (χ4v) is 2.54. The molecule has 0 unspecified atom stereocenters.